The van der Waals surface area contributed by atoms with Crippen LogP contribution in [-0.2, 0) is 25.7 Å². The maximum Gasteiger partial charge on any atom is 0.271 e. The average Bonchev–Trinajstić information content (AvgIpc) is 3.45. The Kier molecular flexibility index (Phi) is 8.21. The van der Waals surface area contributed by atoms with Gasteiger partial charge in [0.15, 0.2) is 5.78 Å². The number of carbonyl (C=O) groups excluding carboxylic acids is 4. The van der Waals surface area contributed by atoms with Crippen LogP contribution in [0.3, 0.4) is 0 Å². The molecule has 1 aromatic heterocycles. The van der Waals surface area contributed by atoms with E-state index in [1.165, 1.54) is 0 Å². The lowest BCUT2D eigenvalue weighted by Gasteiger charge is -2.29. The number of aromatic nitrogens is 1. The predicted molar refractivity (Wildman–Crippen MR) is 159 cm³/mol. The van der Waals surface area contributed by atoms with Crippen molar-refractivity contribution in [3.63, 3.8) is 0 Å². The summed E-state index contributed by atoms with van der Waals surface area (Å²) in [5, 5.41) is 6.61. The van der Waals surface area contributed by atoms with Crippen LogP contribution in [0.2, 0.25) is 0 Å². The van der Waals surface area contributed by atoms with Crippen molar-refractivity contribution in [3.8, 4) is 5.75 Å². The molecule has 2 saturated heterocycles. The summed E-state index contributed by atoms with van der Waals surface area (Å²) in [6.07, 6.45) is 4.12. The number of hydrogen-bond donors (Lipinski definition) is 3. The Morgan fingerprint density at radius 2 is 1.93 bits per heavy atom. The largest absolute Gasteiger partial charge is 0.496 e. The van der Waals surface area contributed by atoms with Crippen LogP contribution in [0.15, 0.2) is 54.6 Å². The minimum atomic E-state index is -0.901. The lowest BCUT2D eigenvalue weighted by atomic mass is 9.90. The molecule has 3 heterocycles. The van der Waals surface area contributed by atoms with Gasteiger partial charge < -0.3 is 30.0 Å². The second-order valence-electron chi connectivity index (χ2n) is 12.1. The molecule has 2 aliphatic heterocycles. The van der Waals surface area contributed by atoms with Crippen LogP contribution < -0.4 is 15.4 Å². The molecule has 2 aromatic carbocycles. The standard InChI is InChI=1S/C33H38N4O6/c1-42-29-11-5-10-24-23(29)16-26(35-24)32(41)37-20-33(12-13-33)17-27(37)31(40)36-25(15-22-9-6-14-34-30(22)39)28(38)19-43-18-21-7-3-2-4-8-21/h2-5,7-8,10-11,16,22,25,27,35H,6,9,12-15,17-20H2,1H3,(H,34,39)(H,36,40). The lowest BCUT2D eigenvalue weighted by molar-refractivity contribution is -0.134. The van der Waals surface area contributed by atoms with Crippen molar-refractivity contribution in [1.29, 1.82) is 0 Å². The van der Waals surface area contributed by atoms with Gasteiger partial charge in [0.2, 0.25) is 11.8 Å². The first-order chi connectivity index (χ1) is 20.9. The molecule has 1 spiro atoms. The zero-order valence-electron chi connectivity index (χ0n) is 24.4. The first-order valence-electron chi connectivity index (χ1n) is 15.0. The number of benzene rings is 2. The maximum absolute atomic E-state index is 13.9. The average molecular weight is 587 g/mol. The Morgan fingerprint density at radius 3 is 2.67 bits per heavy atom. The molecular formula is C33H38N4O6. The number of nitrogens with one attached hydrogen (secondary N) is 3. The molecule has 3 fully saturated rings. The topological polar surface area (TPSA) is 130 Å². The van der Waals surface area contributed by atoms with Crippen LogP contribution in [0.5, 0.6) is 5.75 Å². The van der Waals surface area contributed by atoms with Gasteiger partial charge in [-0.2, -0.15) is 0 Å². The summed E-state index contributed by atoms with van der Waals surface area (Å²) < 4.78 is 11.2. The van der Waals surface area contributed by atoms with Crippen molar-refractivity contribution < 1.29 is 28.7 Å². The number of aromatic amines is 1. The molecule has 1 aliphatic carbocycles. The van der Waals surface area contributed by atoms with Crippen molar-refractivity contribution >= 4 is 34.4 Å². The number of piperidine rings is 1. The summed E-state index contributed by atoms with van der Waals surface area (Å²) >= 11 is 0. The Morgan fingerprint density at radius 1 is 1.12 bits per heavy atom. The second-order valence-corrected chi connectivity index (χ2v) is 12.1. The highest BCUT2D eigenvalue weighted by atomic mass is 16.5. The third-order valence-corrected chi connectivity index (χ3v) is 9.08. The van der Waals surface area contributed by atoms with Gasteiger partial charge in [0.05, 0.1) is 19.8 Å². The smallest absolute Gasteiger partial charge is 0.271 e. The summed E-state index contributed by atoms with van der Waals surface area (Å²) in [4.78, 5) is 58.6. The number of Topliss-reactive ketones (excluding diaryl/α,β-unsaturated/α-hetero) is 1. The van der Waals surface area contributed by atoms with Crippen molar-refractivity contribution in [2.45, 2.75) is 57.2 Å². The van der Waals surface area contributed by atoms with Crippen molar-refractivity contribution in [2.24, 2.45) is 11.3 Å². The number of nitrogens with zero attached hydrogens (tertiary/aromatic N) is 1. The molecule has 3 amide bonds. The zero-order chi connectivity index (χ0) is 30.0. The fourth-order valence-corrected chi connectivity index (χ4v) is 6.45. The molecule has 6 rings (SSSR count). The van der Waals surface area contributed by atoms with E-state index < -0.39 is 12.1 Å². The van der Waals surface area contributed by atoms with Crippen molar-refractivity contribution in [2.75, 3.05) is 26.8 Å². The highest BCUT2D eigenvalue weighted by Crippen LogP contribution is 2.55. The van der Waals surface area contributed by atoms with Crippen LogP contribution in [0, 0.1) is 11.3 Å². The summed E-state index contributed by atoms with van der Waals surface area (Å²) in [6, 6.07) is 15.3. The highest BCUT2D eigenvalue weighted by Gasteiger charge is 2.55. The fraction of sp³-hybridized carbons (Fsp3) is 0.455. The first-order valence-corrected chi connectivity index (χ1v) is 15.0. The number of carbonyl (C=O) groups is 4. The zero-order valence-corrected chi connectivity index (χ0v) is 24.4. The van der Waals surface area contributed by atoms with Gasteiger partial charge >= 0.3 is 0 Å². The number of likely N-dealkylation sites (tertiary alicyclic amines) is 1. The quantitative estimate of drug-likeness (QED) is 0.316. The maximum atomic E-state index is 13.9. The minimum absolute atomic E-state index is 0.0665. The van der Waals surface area contributed by atoms with Crippen LogP contribution in [0.4, 0.5) is 0 Å². The molecule has 3 unspecified atom stereocenters. The van der Waals surface area contributed by atoms with Gasteiger partial charge in [-0.15, -0.1) is 0 Å². The van der Waals surface area contributed by atoms with Gasteiger partial charge in [-0.05, 0) is 67.7 Å². The van der Waals surface area contributed by atoms with E-state index in [0.29, 0.717) is 37.4 Å². The lowest BCUT2D eigenvalue weighted by Crippen LogP contribution is -2.53. The van der Waals surface area contributed by atoms with Gasteiger partial charge in [-0.1, -0.05) is 36.4 Å². The van der Waals surface area contributed by atoms with Gasteiger partial charge in [-0.25, -0.2) is 0 Å². The molecule has 0 bridgehead atoms. The van der Waals surface area contributed by atoms with Crippen LogP contribution >= 0.6 is 0 Å². The van der Waals surface area contributed by atoms with Crippen LogP contribution in [-0.4, -0.2) is 72.3 Å². The molecule has 3 aliphatic rings. The number of hydrogen-bond acceptors (Lipinski definition) is 6. The van der Waals surface area contributed by atoms with E-state index in [0.717, 1.165) is 35.7 Å². The number of methoxy groups -OCH3 is 1. The molecule has 226 valence electrons. The Labute approximate surface area is 250 Å². The summed E-state index contributed by atoms with van der Waals surface area (Å²) in [7, 11) is 1.59. The molecule has 1 saturated carbocycles. The van der Waals surface area contributed by atoms with E-state index in [-0.39, 0.29) is 54.5 Å². The van der Waals surface area contributed by atoms with Gasteiger partial charge in [-0.3, -0.25) is 19.2 Å². The molecule has 3 aromatic rings. The highest BCUT2D eigenvalue weighted by molar-refractivity contribution is 6.02. The Balaban J connectivity index is 1.18. The number of ketones is 1. The Bertz CT molecular complexity index is 1510. The van der Waals surface area contributed by atoms with E-state index in [2.05, 4.69) is 15.6 Å². The monoisotopic (exact) mass is 586 g/mol. The molecule has 10 heteroatoms. The molecular weight excluding hydrogens is 548 g/mol. The number of H-pyrrole nitrogens is 1. The number of amides is 3. The SMILES string of the molecule is COc1cccc2[nH]c(C(=O)N3CC4(CC4)CC3C(=O)NC(CC3CCCNC3=O)C(=O)COCc3ccccc3)cc12. The van der Waals surface area contributed by atoms with E-state index in [1.807, 2.05) is 48.5 Å². The van der Waals surface area contributed by atoms with Crippen molar-refractivity contribution in [1.82, 2.24) is 20.5 Å². The van der Waals surface area contributed by atoms with E-state index >= 15 is 0 Å². The summed E-state index contributed by atoms with van der Waals surface area (Å²) in [6.45, 7) is 1.17. The van der Waals surface area contributed by atoms with Gasteiger partial charge in [0, 0.05) is 29.9 Å². The molecule has 43 heavy (non-hydrogen) atoms. The van der Waals surface area contributed by atoms with E-state index in [1.54, 1.807) is 18.1 Å². The fourth-order valence-electron chi connectivity index (χ4n) is 6.45. The van der Waals surface area contributed by atoms with E-state index in [9.17, 15) is 19.2 Å². The second kappa shape index (κ2) is 12.2. The number of fused-ring (bicyclic) bond motifs is 1. The van der Waals surface area contributed by atoms with E-state index in [4.69, 9.17) is 9.47 Å². The van der Waals surface area contributed by atoms with Crippen LogP contribution in [0.25, 0.3) is 10.9 Å². The third-order valence-electron chi connectivity index (χ3n) is 9.08. The normalized spacial score (nSPS) is 21.4. The van der Waals surface area contributed by atoms with Crippen LogP contribution in [0.1, 0.15) is 54.6 Å². The van der Waals surface area contributed by atoms with Gasteiger partial charge in [0.25, 0.3) is 5.91 Å². The summed E-state index contributed by atoms with van der Waals surface area (Å²) in [5.74, 6) is -0.750. The molecule has 3 atom stereocenters. The molecule has 3 N–H and O–H groups in total. The van der Waals surface area contributed by atoms with Crippen molar-refractivity contribution in [3.05, 3.63) is 65.9 Å². The molecule has 10 nitrogen and oxygen atoms in total. The number of rotatable bonds is 11. The van der Waals surface area contributed by atoms with Gasteiger partial charge in [0.1, 0.15) is 24.1 Å². The minimum Gasteiger partial charge on any atom is -0.496 e. The summed E-state index contributed by atoms with van der Waals surface area (Å²) in [5.41, 5.74) is 2.03. The molecule has 0 radical (unpaired) electrons. The Hall–Kier alpha value is -4.18. The third kappa shape index (κ3) is 6.29. The predicted octanol–water partition coefficient (Wildman–Crippen LogP) is 3.36. The first kappa shape index (κ1) is 28.9. The number of ether oxygens (including phenoxy) is 2.